The van der Waals surface area contributed by atoms with Crippen LogP contribution >= 0.6 is 11.8 Å². The first-order chi connectivity index (χ1) is 10.2. The van der Waals surface area contributed by atoms with E-state index in [1.165, 1.54) is 11.5 Å². The van der Waals surface area contributed by atoms with E-state index in [-0.39, 0.29) is 18.1 Å². The zero-order chi connectivity index (χ0) is 14.8. The third-order valence-electron chi connectivity index (χ3n) is 5.16. The fourth-order valence-electron chi connectivity index (χ4n) is 3.77. The van der Waals surface area contributed by atoms with Gasteiger partial charge in [0.2, 0.25) is 0 Å². The van der Waals surface area contributed by atoms with Crippen molar-refractivity contribution in [2.45, 2.75) is 36.9 Å². The van der Waals surface area contributed by atoms with E-state index < -0.39 is 5.60 Å². The molecule has 2 aliphatic heterocycles. The highest BCUT2D eigenvalue weighted by atomic mass is 32.2. The highest BCUT2D eigenvalue weighted by Gasteiger charge is 2.46. The van der Waals surface area contributed by atoms with Gasteiger partial charge in [0.25, 0.3) is 0 Å². The van der Waals surface area contributed by atoms with Crippen molar-refractivity contribution >= 4 is 11.8 Å². The minimum Gasteiger partial charge on any atom is -0.384 e. The Morgan fingerprint density at radius 3 is 2.67 bits per heavy atom. The molecule has 1 aromatic rings. The second-order valence-electron chi connectivity index (χ2n) is 6.33. The molecular formula is C17H25NO2S. The van der Waals surface area contributed by atoms with Gasteiger partial charge < -0.3 is 15.6 Å². The SMILES string of the molecule is NCC(O)(c1ccccc1)C1CCOC2(CCSCC2)C1. The van der Waals surface area contributed by atoms with Gasteiger partial charge in [-0.3, -0.25) is 0 Å². The van der Waals surface area contributed by atoms with Crippen LogP contribution in [-0.4, -0.2) is 35.4 Å². The van der Waals surface area contributed by atoms with Crippen molar-refractivity contribution in [1.82, 2.24) is 0 Å². The number of thioether (sulfide) groups is 1. The number of benzene rings is 1. The number of ether oxygens (including phenoxy) is 1. The number of nitrogens with two attached hydrogens (primary N) is 1. The van der Waals surface area contributed by atoms with Gasteiger partial charge in [-0.25, -0.2) is 0 Å². The highest BCUT2D eigenvalue weighted by molar-refractivity contribution is 7.99. The molecule has 2 aliphatic rings. The van der Waals surface area contributed by atoms with E-state index in [9.17, 15) is 5.11 Å². The van der Waals surface area contributed by atoms with Crippen LogP contribution in [-0.2, 0) is 10.3 Å². The summed E-state index contributed by atoms with van der Waals surface area (Å²) in [5.41, 5.74) is 5.99. The van der Waals surface area contributed by atoms with Crippen molar-refractivity contribution in [3.63, 3.8) is 0 Å². The van der Waals surface area contributed by atoms with E-state index in [2.05, 4.69) is 0 Å². The summed E-state index contributed by atoms with van der Waals surface area (Å²) in [6.07, 6.45) is 4.01. The second-order valence-corrected chi connectivity index (χ2v) is 7.55. The van der Waals surface area contributed by atoms with Crippen molar-refractivity contribution in [1.29, 1.82) is 0 Å². The Labute approximate surface area is 131 Å². The summed E-state index contributed by atoms with van der Waals surface area (Å²) < 4.78 is 6.15. The normalized spacial score (nSPS) is 28.2. The zero-order valence-corrected chi connectivity index (χ0v) is 13.3. The maximum absolute atomic E-state index is 11.2. The third-order valence-corrected chi connectivity index (χ3v) is 6.14. The van der Waals surface area contributed by atoms with Gasteiger partial charge in [0.15, 0.2) is 0 Å². The molecule has 0 amide bonds. The molecule has 2 fully saturated rings. The lowest BCUT2D eigenvalue weighted by Crippen LogP contribution is -2.51. The maximum Gasteiger partial charge on any atom is 0.105 e. The standard InChI is InChI=1S/C17H25NO2S/c18-13-17(19,14-4-2-1-3-5-14)15-6-9-20-16(12-15)7-10-21-11-8-16/h1-5,15,19H,6-13,18H2. The van der Waals surface area contributed by atoms with Crippen molar-refractivity contribution < 1.29 is 9.84 Å². The highest BCUT2D eigenvalue weighted by Crippen LogP contribution is 2.45. The second kappa shape index (κ2) is 6.29. The van der Waals surface area contributed by atoms with Gasteiger partial charge in [-0.15, -0.1) is 0 Å². The predicted molar refractivity (Wildman–Crippen MR) is 87.4 cm³/mol. The van der Waals surface area contributed by atoms with Gasteiger partial charge in [-0.1, -0.05) is 30.3 Å². The van der Waals surface area contributed by atoms with Crippen LogP contribution in [0.4, 0.5) is 0 Å². The number of hydrogen-bond acceptors (Lipinski definition) is 4. The smallest absolute Gasteiger partial charge is 0.105 e. The van der Waals surface area contributed by atoms with Crippen LogP contribution in [0, 0.1) is 5.92 Å². The van der Waals surface area contributed by atoms with Crippen LogP contribution in [0.5, 0.6) is 0 Å². The van der Waals surface area contributed by atoms with E-state index in [1.807, 2.05) is 42.1 Å². The molecule has 0 saturated carbocycles. The summed E-state index contributed by atoms with van der Waals surface area (Å²) in [6.45, 7) is 1.01. The van der Waals surface area contributed by atoms with Crippen LogP contribution in [0.3, 0.4) is 0 Å². The van der Waals surface area contributed by atoms with Crippen molar-refractivity contribution in [2.24, 2.45) is 11.7 Å². The summed E-state index contributed by atoms with van der Waals surface area (Å²) in [6, 6.07) is 9.91. The van der Waals surface area contributed by atoms with Crippen LogP contribution in [0.25, 0.3) is 0 Å². The Bertz CT molecular complexity index is 456. The summed E-state index contributed by atoms with van der Waals surface area (Å²) in [5.74, 6) is 2.51. The van der Waals surface area contributed by atoms with E-state index in [0.29, 0.717) is 0 Å². The topological polar surface area (TPSA) is 55.5 Å². The molecule has 2 atom stereocenters. The Morgan fingerprint density at radius 2 is 2.00 bits per heavy atom. The molecule has 21 heavy (non-hydrogen) atoms. The quantitative estimate of drug-likeness (QED) is 0.901. The summed E-state index contributed by atoms with van der Waals surface area (Å²) in [5, 5.41) is 11.2. The summed E-state index contributed by atoms with van der Waals surface area (Å²) >= 11 is 2.01. The molecule has 2 saturated heterocycles. The molecule has 1 spiro atoms. The molecule has 0 aromatic heterocycles. The molecule has 3 rings (SSSR count). The lowest BCUT2D eigenvalue weighted by atomic mass is 9.71. The molecule has 4 heteroatoms. The molecular weight excluding hydrogens is 282 g/mol. The van der Waals surface area contributed by atoms with Crippen molar-refractivity contribution in [3.8, 4) is 0 Å². The lowest BCUT2D eigenvalue weighted by molar-refractivity contribution is -0.146. The number of hydrogen-bond donors (Lipinski definition) is 2. The van der Waals surface area contributed by atoms with Crippen LogP contribution in [0.1, 0.15) is 31.2 Å². The fraction of sp³-hybridized carbons (Fsp3) is 0.647. The molecule has 0 bridgehead atoms. The minimum absolute atomic E-state index is 0.0217. The first kappa shape index (κ1) is 15.3. The molecule has 0 radical (unpaired) electrons. The molecule has 116 valence electrons. The monoisotopic (exact) mass is 307 g/mol. The fourth-order valence-corrected chi connectivity index (χ4v) is 5.01. The van der Waals surface area contributed by atoms with Crippen LogP contribution in [0.15, 0.2) is 30.3 Å². The maximum atomic E-state index is 11.2. The molecule has 0 aliphatic carbocycles. The minimum atomic E-state index is -0.928. The lowest BCUT2D eigenvalue weighted by Gasteiger charge is -2.48. The predicted octanol–water partition coefficient (Wildman–Crippen LogP) is 2.53. The van der Waals surface area contributed by atoms with Gasteiger partial charge in [0.1, 0.15) is 5.60 Å². The number of rotatable bonds is 3. The first-order valence-electron chi connectivity index (χ1n) is 7.88. The van der Waals surface area contributed by atoms with E-state index in [4.69, 9.17) is 10.5 Å². The Hall–Kier alpha value is -0.550. The van der Waals surface area contributed by atoms with E-state index >= 15 is 0 Å². The summed E-state index contributed by atoms with van der Waals surface area (Å²) in [7, 11) is 0. The molecule has 2 heterocycles. The largest absolute Gasteiger partial charge is 0.384 e. The van der Waals surface area contributed by atoms with Gasteiger partial charge >= 0.3 is 0 Å². The Balaban J connectivity index is 1.83. The van der Waals surface area contributed by atoms with Gasteiger partial charge in [-0.05, 0) is 48.7 Å². The Kier molecular flexibility index (Phi) is 4.60. The first-order valence-corrected chi connectivity index (χ1v) is 9.04. The molecule has 2 unspecified atom stereocenters. The van der Waals surface area contributed by atoms with Crippen molar-refractivity contribution in [2.75, 3.05) is 24.7 Å². The van der Waals surface area contributed by atoms with Gasteiger partial charge in [-0.2, -0.15) is 11.8 Å². The Morgan fingerprint density at radius 1 is 1.29 bits per heavy atom. The van der Waals surface area contributed by atoms with Crippen LogP contribution < -0.4 is 5.73 Å². The zero-order valence-electron chi connectivity index (χ0n) is 12.5. The van der Waals surface area contributed by atoms with Crippen molar-refractivity contribution in [3.05, 3.63) is 35.9 Å². The third kappa shape index (κ3) is 3.00. The average Bonchev–Trinajstić information content (AvgIpc) is 2.56. The molecule has 3 N–H and O–H groups in total. The van der Waals surface area contributed by atoms with Crippen LogP contribution in [0.2, 0.25) is 0 Å². The van der Waals surface area contributed by atoms with Gasteiger partial charge in [0.05, 0.1) is 5.60 Å². The van der Waals surface area contributed by atoms with E-state index in [1.54, 1.807) is 0 Å². The average molecular weight is 307 g/mol. The van der Waals surface area contributed by atoms with Gasteiger partial charge in [0, 0.05) is 13.2 Å². The summed E-state index contributed by atoms with van der Waals surface area (Å²) in [4.78, 5) is 0. The molecule has 3 nitrogen and oxygen atoms in total. The van der Waals surface area contributed by atoms with E-state index in [0.717, 1.165) is 37.9 Å². The number of aliphatic hydroxyl groups is 1. The molecule has 1 aromatic carbocycles.